The molecule has 0 spiro atoms. The number of anilines is 1. The van der Waals surface area contributed by atoms with E-state index >= 15 is 0 Å². The Labute approximate surface area is 143 Å². The number of hydrogen-bond acceptors (Lipinski definition) is 3. The third-order valence-electron chi connectivity index (χ3n) is 3.54. The Morgan fingerprint density at radius 2 is 1.92 bits per heavy atom. The number of urea groups is 1. The minimum atomic E-state index is -0.293. The lowest BCUT2D eigenvalue weighted by atomic mass is 10.0. The zero-order chi connectivity index (χ0) is 17.4. The molecule has 0 atom stereocenters. The fourth-order valence-corrected chi connectivity index (χ4v) is 2.21. The zero-order valence-electron chi connectivity index (χ0n) is 14.3. The standard InChI is InChI=1S/C19H24N2O3/c1-14(2)15-7-6-8-16(13-15)24-12-11-20-19(22)21-17-9-4-5-10-18(17)23-3/h4-10,13-14H,11-12H2,1-3H3,(H2,20,21,22). The third kappa shape index (κ3) is 5.19. The maximum Gasteiger partial charge on any atom is 0.319 e. The summed E-state index contributed by atoms with van der Waals surface area (Å²) in [6.45, 7) is 5.10. The van der Waals surface area contributed by atoms with Crippen LogP contribution in [0.3, 0.4) is 0 Å². The molecule has 0 aliphatic rings. The van der Waals surface area contributed by atoms with Gasteiger partial charge in [-0.05, 0) is 35.7 Å². The Bertz CT molecular complexity index is 671. The van der Waals surface area contributed by atoms with Crippen LogP contribution in [0.5, 0.6) is 11.5 Å². The summed E-state index contributed by atoms with van der Waals surface area (Å²) in [5.74, 6) is 1.89. The molecule has 0 saturated carbocycles. The summed E-state index contributed by atoms with van der Waals surface area (Å²) in [5.41, 5.74) is 1.86. The number of rotatable bonds is 7. The molecule has 5 heteroatoms. The van der Waals surface area contributed by atoms with Crippen molar-refractivity contribution < 1.29 is 14.3 Å². The minimum absolute atomic E-state index is 0.293. The lowest BCUT2D eigenvalue weighted by Gasteiger charge is -2.12. The SMILES string of the molecule is COc1ccccc1NC(=O)NCCOc1cccc(C(C)C)c1. The molecule has 2 aromatic rings. The monoisotopic (exact) mass is 328 g/mol. The van der Waals surface area contributed by atoms with Crippen LogP contribution in [0.2, 0.25) is 0 Å². The predicted molar refractivity (Wildman–Crippen MR) is 96.0 cm³/mol. The number of nitrogens with one attached hydrogen (secondary N) is 2. The van der Waals surface area contributed by atoms with Gasteiger partial charge in [0.15, 0.2) is 0 Å². The molecule has 0 fully saturated rings. The lowest BCUT2D eigenvalue weighted by Crippen LogP contribution is -2.32. The topological polar surface area (TPSA) is 59.6 Å². The van der Waals surface area contributed by atoms with Gasteiger partial charge < -0.3 is 20.1 Å². The van der Waals surface area contributed by atoms with Gasteiger partial charge in [0, 0.05) is 0 Å². The molecule has 24 heavy (non-hydrogen) atoms. The van der Waals surface area contributed by atoms with Crippen LogP contribution in [0.15, 0.2) is 48.5 Å². The Balaban J connectivity index is 1.76. The van der Waals surface area contributed by atoms with Gasteiger partial charge in [-0.15, -0.1) is 0 Å². The van der Waals surface area contributed by atoms with E-state index < -0.39 is 0 Å². The number of carbonyl (C=O) groups excluding carboxylic acids is 1. The second kappa shape index (κ2) is 8.82. The van der Waals surface area contributed by atoms with E-state index in [4.69, 9.17) is 9.47 Å². The van der Waals surface area contributed by atoms with Gasteiger partial charge in [-0.25, -0.2) is 4.79 Å². The molecule has 128 valence electrons. The first-order chi connectivity index (χ1) is 11.6. The first kappa shape index (κ1) is 17.7. The lowest BCUT2D eigenvalue weighted by molar-refractivity contribution is 0.247. The highest BCUT2D eigenvalue weighted by Crippen LogP contribution is 2.22. The predicted octanol–water partition coefficient (Wildman–Crippen LogP) is 4.02. The van der Waals surface area contributed by atoms with Crippen molar-refractivity contribution in [2.24, 2.45) is 0 Å². The van der Waals surface area contributed by atoms with Gasteiger partial charge in [0.1, 0.15) is 18.1 Å². The molecule has 5 nitrogen and oxygen atoms in total. The van der Waals surface area contributed by atoms with Crippen molar-refractivity contribution >= 4 is 11.7 Å². The molecular weight excluding hydrogens is 304 g/mol. The molecule has 2 rings (SSSR count). The average Bonchev–Trinajstić information content (AvgIpc) is 2.59. The van der Waals surface area contributed by atoms with Crippen LogP contribution in [-0.4, -0.2) is 26.3 Å². The molecule has 0 radical (unpaired) electrons. The van der Waals surface area contributed by atoms with Crippen molar-refractivity contribution in [3.63, 3.8) is 0 Å². The first-order valence-corrected chi connectivity index (χ1v) is 8.00. The maximum absolute atomic E-state index is 11.9. The number of ether oxygens (including phenoxy) is 2. The van der Waals surface area contributed by atoms with Crippen molar-refractivity contribution in [2.75, 3.05) is 25.6 Å². The Morgan fingerprint density at radius 1 is 1.12 bits per heavy atom. The number of benzene rings is 2. The second-order valence-electron chi connectivity index (χ2n) is 5.66. The van der Waals surface area contributed by atoms with Crippen molar-refractivity contribution in [1.82, 2.24) is 5.32 Å². The van der Waals surface area contributed by atoms with Gasteiger partial charge in [0.2, 0.25) is 0 Å². The van der Waals surface area contributed by atoms with Crippen molar-refractivity contribution in [1.29, 1.82) is 0 Å². The fraction of sp³-hybridized carbons (Fsp3) is 0.316. The number of carbonyl (C=O) groups is 1. The van der Waals surface area contributed by atoms with E-state index in [1.54, 1.807) is 19.2 Å². The quantitative estimate of drug-likeness (QED) is 0.755. The number of para-hydroxylation sites is 2. The highest BCUT2D eigenvalue weighted by atomic mass is 16.5. The highest BCUT2D eigenvalue weighted by molar-refractivity contribution is 5.90. The average molecular weight is 328 g/mol. The van der Waals surface area contributed by atoms with Crippen LogP contribution < -0.4 is 20.1 Å². The van der Waals surface area contributed by atoms with Crippen LogP contribution in [-0.2, 0) is 0 Å². The van der Waals surface area contributed by atoms with E-state index in [-0.39, 0.29) is 6.03 Å². The summed E-state index contributed by atoms with van der Waals surface area (Å²) in [4.78, 5) is 11.9. The van der Waals surface area contributed by atoms with Crippen molar-refractivity contribution in [3.8, 4) is 11.5 Å². The van der Waals surface area contributed by atoms with Gasteiger partial charge in [0.05, 0.1) is 19.3 Å². The number of methoxy groups -OCH3 is 1. The summed E-state index contributed by atoms with van der Waals surface area (Å²) >= 11 is 0. The molecular formula is C19H24N2O3. The second-order valence-corrected chi connectivity index (χ2v) is 5.66. The summed E-state index contributed by atoms with van der Waals surface area (Å²) in [6.07, 6.45) is 0. The summed E-state index contributed by atoms with van der Waals surface area (Å²) < 4.78 is 10.9. The normalized spacial score (nSPS) is 10.3. The molecule has 0 saturated heterocycles. The fourth-order valence-electron chi connectivity index (χ4n) is 2.21. The Kier molecular flexibility index (Phi) is 6.49. The molecule has 0 bridgehead atoms. The van der Waals surface area contributed by atoms with Gasteiger partial charge in [-0.1, -0.05) is 38.1 Å². The molecule has 2 amide bonds. The highest BCUT2D eigenvalue weighted by Gasteiger charge is 2.06. The molecule has 0 aliphatic heterocycles. The van der Waals surface area contributed by atoms with Gasteiger partial charge in [0.25, 0.3) is 0 Å². The van der Waals surface area contributed by atoms with E-state index in [0.29, 0.717) is 30.5 Å². The zero-order valence-corrected chi connectivity index (χ0v) is 14.3. The van der Waals surface area contributed by atoms with E-state index in [9.17, 15) is 4.79 Å². The molecule has 0 aliphatic carbocycles. The number of amides is 2. The van der Waals surface area contributed by atoms with Crippen LogP contribution in [0, 0.1) is 0 Å². The third-order valence-corrected chi connectivity index (χ3v) is 3.54. The summed E-state index contributed by atoms with van der Waals surface area (Å²) in [7, 11) is 1.57. The van der Waals surface area contributed by atoms with E-state index in [2.05, 4.69) is 30.5 Å². The van der Waals surface area contributed by atoms with Gasteiger partial charge in [-0.2, -0.15) is 0 Å². The van der Waals surface area contributed by atoms with Crippen LogP contribution >= 0.6 is 0 Å². The van der Waals surface area contributed by atoms with Crippen LogP contribution in [0.1, 0.15) is 25.3 Å². The molecule has 0 heterocycles. The molecule has 0 aromatic heterocycles. The van der Waals surface area contributed by atoms with E-state index in [0.717, 1.165) is 5.75 Å². The molecule has 0 unspecified atom stereocenters. The minimum Gasteiger partial charge on any atom is -0.495 e. The maximum atomic E-state index is 11.9. The van der Waals surface area contributed by atoms with Crippen molar-refractivity contribution in [2.45, 2.75) is 19.8 Å². The van der Waals surface area contributed by atoms with Gasteiger partial charge >= 0.3 is 6.03 Å². The summed E-state index contributed by atoms with van der Waals surface area (Å²) in [5, 5.41) is 5.51. The molecule has 2 N–H and O–H groups in total. The first-order valence-electron chi connectivity index (χ1n) is 8.00. The number of hydrogen-bond donors (Lipinski definition) is 2. The van der Waals surface area contributed by atoms with Crippen LogP contribution in [0.25, 0.3) is 0 Å². The van der Waals surface area contributed by atoms with Crippen molar-refractivity contribution in [3.05, 3.63) is 54.1 Å². The Morgan fingerprint density at radius 3 is 2.67 bits per heavy atom. The molecule has 2 aromatic carbocycles. The van der Waals surface area contributed by atoms with Crippen LogP contribution in [0.4, 0.5) is 10.5 Å². The smallest absolute Gasteiger partial charge is 0.319 e. The summed E-state index contributed by atoms with van der Waals surface area (Å²) in [6, 6.07) is 15.0. The largest absolute Gasteiger partial charge is 0.495 e. The van der Waals surface area contributed by atoms with E-state index in [1.807, 2.05) is 30.3 Å². The van der Waals surface area contributed by atoms with Gasteiger partial charge in [-0.3, -0.25) is 0 Å². The Hall–Kier alpha value is -2.69. The van der Waals surface area contributed by atoms with E-state index in [1.165, 1.54) is 5.56 Å².